The number of nitrogens with one attached hydrogen (secondary N) is 1. The number of urea groups is 1. The maximum absolute atomic E-state index is 10.7. The van der Waals surface area contributed by atoms with E-state index in [1.54, 1.807) is 6.08 Å². The molecule has 0 saturated carbocycles. The first-order chi connectivity index (χ1) is 4.75. The van der Waals surface area contributed by atoms with E-state index in [-0.39, 0.29) is 12.1 Å². The van der Waals surface area contributed by atoms with Crippen LogP contribution >= 0.6 is 0 Å². The van der Waals surface area contributed by atoms with Gasteiger partial charge < -0.3 is 5.32 Å². The third kappa shape index (κ3) is 1.11. The highest BCUT2D eigenvalue weighted by Crippen LogP contribution is 2.05. The molecular formula is C6H11N3O. The fourth-order valence-corrected chi connectivity index (χ4v) is 0.950. The van der Waals surface area contributed by atoms with E-state index in [2.05, 4.69) is 11.9 Å². The van der Waals surface area contributed by atoms with Crippen molar-refractivity contribution in [1.82, 2.24) is 10.3 Å². The number of hydrogen-bond donors (Lipinski definition) is 2. The average Bonchev–Trinajstić information content (AvgIpc) is 2.20. The molecule has 0 bridgehead atoms. The summed E-state index contributed by atoms with van der Waals surface area (Å²) in [6, 6.07) is -0.114. The molecule has 4 heteroatoms. The summed E-state index contributed by atoms with van der Waals surface area (Å²) < 4.78 is 0. The van der Waals surface area contributed by atoms with E-state index < -0.39 is 0 Å². The molecule has 1 aliphatic heterocycles. The molecule has 3 N–H and O–H groups in total. The third-order valence-electron chi connectivity index (χ3n) is 1.56. The maximum atomic E-state index is 10.7. The zero-order valence-corrected chi connectivity index (χ0v) is 5.71. The summed E-state index contributed by atoms with van der Waals surface area (Å²) in [7, 11) is 0. The average molecular weight is 141 g/mol. The van der Waals surface area contributed by atoms with Crippen LogP contribution in [0.15, 0.2) is 12.7 Å². The van der Waals surface area contributed by atoms with Crippen molar-refractivity contribution >= 4 is 6.03 Å². The summed E-state index contributed by atoms with van der Waals surface area (Å²) in [5.74, 6) is 5.38. The van der Waals surface area contributed by atoms with Crippen molar-refractivity contribution in [2.75, 3.05) is 6.54 Å². The Balaban J connectivity index is 2.48. The molecule has 1 aliphatic rings. The molecule has 0 radical (unpaired) electrons. The van der Waals surface area contributed by atoms with Gasteiger partial charge in [0.25, 0.3) is 0 Å². The molecule has 0 aromatic carbocycles. The summed E-state index contributed by atoms with van der Waals surface area (Å²) in [5, 5.41) is 3.83. The van der Waals surface area contributed by atoms with Gasteiger partial charge in [-0.05, 0) is 6.42 Å². The molecule has 1 fully saturated rings. The molecular weight excluding hydrogens is 130 g/mol. The van der Waals surface area contributed by atoms with E-state index in [0.717, 1.165) is 6.42 Å². The van der Waals surface area contributed by atoms with Gasteiger partial charge in [-0.3, -0.25) is 5.01 Å². The topological polar surface area (TPSA) is 58.4 Å². The molecule has 0 spiro atoms. The summed E-state index contributed by atoms with van der Waals surface area (Å²) in [5.41, 5.74) is 0. The summed E-state index contributed by atoms with van der Waals surface area (Å²) in [6.45, 7) is 4.19. The number of rotatable bonds is 2. The van der Waals surface area contributed by atoms with Gasteiger partial charge in [-0.15, -0.1) is 6.58 Å². The van der Waals surface area contributed by atoms with Crippen LogP contribution in [0.2, 0.25) is 0 Å². The molecule has 4 nitrogen and oxygen atoms in total. The van der Waals surface area contributed by atoms with Gasteiger partial charge in [0.1, 0.15) is 0 Å². The van der Waals surface area contributed by atoms with Crippen LogP contribution in [0.5, 0.6) is 0 Å². The van der Waals surface area contributed by atoms with Crippen molar-refractivity contribution < 1.29 is 4.79 Å². The molecule has 1 unspecified atom stereocenters. The summed E-state index contributed by atoms with van der Waals surface area (Å²) in [4.78, 5) is 10.7. The van der Waals surface area contributed by atoms with E-state index in [0.29, 0.717) is 6.54 Å². The van der Waals surface area contributed by atoms with Gasteiger partial charge in [0, 0.05) is 6.54 Å². The molecule has 1 rings (SSSR count). The SMILES string of the molecule is C=CCC1CNC(=O)N1N. The van der Waals surface area contributed by atoms with Crippen molar-refractivity contribution in [1.29, 1.82) is 0 Å². The fourth-order valence-electron chi connectivity index (χ4n) is 0.950. The van der Waals surface area contributed by atoms with Crippen LogP contribution < -0.4 is 11.2 Å². The van der Waals surface area contributed by atoms with E-state index in [9.17, 15) is 4.79 Å². The second-order valence-corrected chi connectivity index (χ2v) is 2.27. The Labute approximate surface area is 59.6 Å². The van der Waals surface area contributed by atoms with Gasteiger partial charge in [-0.2, -0.15) is 0 Å². The molecule has 10 heavy (non-hydrogen) atoms. The molecule has 1 atom stereocenters. The minimum Gasteiger partial charge on any atom is -0.335 e. The molecule has 1 saturated heterocycles. The zero-order chi connectivity index (χ0) is 7.56. The van der Waals surface area contributed by atoms with Crippen LogP contribution in [-0.4, -0.2) is 23.6 Å². The van der Waals surface area contributed by atoms with E-state index in [1.807, 2.05) is 0 Å². The molecule has 0 aromatic heterocycles. The van der Waals surface area contributed by atoms with Gasteiger partial charge in [-0.1, -0.05) is 6.08 Å². The maximum Gasteiger partial charge on any atom is 0.331 e. The first-order valence-electron chi connectivity index (χ1n) is 3.18. The van der Waals surface area contributed by atoms with Gasteiger partial charge in [0.2, 0.25) is 0 Å². The predicted octanol–water partition coefficient (Wildman–Crippen LogP) is -0.170. The number of hydrazine groups is 1. The van der Waals surface area contributed by atoms with Crippen LogP contribution in [-0.2, 0) is 0 Å². The second-order valence-electron chi connectivity index (χ2n) is 2.27. The predicted molar refractivity (Wildman–Crippen MR) is 38.0 cm³/mol. The molecule has 0 aliphatic carbocycles. The highest BCUT2D eigenvalue weighted by atomic mass is 16.2. The second kappa shape index (κ2) is 2.70. The number of carbonyl (C=O) groups excluding carboxylic acids is 1. The van der Waals surface area contributed by atoms with Crippen LogP contribution in [0.25, 0.3) is 0 Å². The van der Waals surface area contributed by atoms with Crippen molar-refractivity contribution in [3.05, 3.63) is 12.7 Å². The van der Waals surface area contributed by atoms with Crippen molar-refractivity contribution in [3.8, 4) is 0 Å². The Bertz CT molecular complexity index is 157. The number of amides is 2. The van der Waals surface area contributed by atoms with Crippen molar-refractivity contribution in [2.24, 2.45) is 5.84 Å². The van der Waals surface area contributed by atoms with Gasteiger partial charge in [0.05, 0.1) is 6.04 Å². The van der Waals surface area contributed by atoms with Crippen molar-refractivity contribution in [3.63, 3.8) is 0 Å². The Morgan fingerprint density at radius 1 is 2.00 bits per heavy atom. The Hall–Kier alpha value is -1.03. The third-order valence-corrected chi connectivity index (χ3v) is 1.56. The lowest BCUT2D eigenvalue weighted by Crippen LogP contribution is -2.39. The molecule has 1 heterocycles. The highest BCUT2D eigenvalue weighted by Gasteiger charge is 2.26. The van der Waals surface area contributed by atoms with Gasteiger partial charge >= 0.3 is 6.03 Å². The number of nitrogens with zero attached hydrogens (tertiary/aromatic N) is 1. The van der Waals surface area contributed by atoms with Crippen LogP contribution in [0.1, 0.15) is 6.42 Å². The minimum absolute atomic E-state index is 0.0880. The van der Waals surface area contributed by atoms with Gasteiger partial charge in [0.15, 0.2) is 0 Å². The molecule has 2 amide bonds. The Morgan fingerprint density at radius 2 is 2.70 bits per heavy atom. The lowest BCUT2D eigenvalue weighted by Gasteiger charge is -2.14. The zero-order valence-electron chi connectivity index (χ0n) is 5.71. The summed E-state index contributed by atoms with van der Waals surface area (Å²) in [6.07, 6.45) is 2.50. The normalized spacial score (nSPS) is 24.7. The summed E-state index contributed by atoms with van der Waals surface area (Å²) >= 11 is 0. The first-order valence-corrected chi connectivity index (χ1v) is 3.18. The quantitative estimate of drug-likeness (QED) is 0.318. The monoisotopic (exact) mass is 141 g/mol. The number of hydrogen-bond acceptors (Lipinski definition) is 2. The van der Waals surface area contributed by atoms with E-state index >= 15 is 0 Å². The van der Waals surface area contributed by atoms with Crippen LogP contribution in [0.3, 0.4) is 0 Å². The van der Waals surface area contributed by atoms with Crippen LogP contribution in [0, 0.1) is 0 Å². The fraction of sp³-hybridized carbons (Fsp3) is 0.500. The van der Waals surface area contributed by atoms with E-state index in [4.69, 9.17) is 5.84 Å². The standard InChI is InChI=1S/C6H11N3O/c1-2-3-5-4-8-6(10)9(5)7/h2,5H,1,3-4,7H2,(H,8,10). The first kappa shape index (κ1) is 7.08. The minimum atomic E-state index is -0.202. The van der Waals surface area contributed by atoms with Crippen LogP contribution in [0.4, 0.5) is 4.79 Å². The lowest BCUT2D eigenvalue weighted by molar-refractivity contribution is 0.205. The Kier molecular flexibility index (Phi) is 1.91. The molecule has 0 aromatic rings. The number of nitrogens with two attached hydrogens (primary N) is 1. The Morgan fingerprint density at radius 3 is 3.10 bits per heavy atom. The smallest absolute Gasteiger partial charge is 0.331 e. The van der Waals surface area contributed by atoms with Gasteiger partial charge in [-0.25, -0.2) is 10.6 Å². The van der Waals surface area contributed by atoms with E-state index in [1.165, 1.54) is 5.01 Å². The highest BCUT2D eigenvalue weighted by molar-refractivity contribution is 5.76. The number of carbonyl (C=O) groups is 1. The largest absolute Gasteiger partial charge is 0.335 e. The lowest BCUT2D eigenvalue weighted by atomic mass is 10.2. The van der Waals surface area contributed by atoms with Crippen molar-refractivity contribution in [2.45, 2.75) is 12.5 Å². The molecule has 56 valence electrons.